The third-order valence-electron chi connectivity index (χ3n) is 2.34. The van der Waals surface area contributed by atoms with Crippen LogP contribution in [0, 0.1) is 5.92 Å². The predicted molar refractivity (Wildman–Crippen MR) is 63.0 cm³/mol. The Kier molecular flexibility index (Phi) is 7.42. The molecular formula is C12H18O6. The molecule has 0 aromatic carbocycles. The van der Waals surface area contributed by atoms with Crippen LogP contribution < -0.4 is 0 Å². The molecule has 0 bridgehead atoms. The van der Waals surface area contributed by atoms with Gasteiger partial charge in [0.1, 0.15) is 0 Å². The van der Waals surface area contributed by atoms with Crippen LogP contribution in [0.3, 0.4) is 0 Å². The van der Waals surface area contributed by atoms with Gasteiger partial charge in [-0.25, -0.2) is 4.79 Å². The largest absolute Gasteiger partial charge is 0.481 e. The fourth-order valence-corrected chi connectivity index (χ4v) is 1.36. The molecule has 1 atom stereocenters. The van der Waals surface area contributed by atoms with E-state index in [9.17, 15) is 14.4 Å². The van der Waals surface area contributed by atoms with Crippen LogP contribution in [0.2, 0.25) is 0 Å². The topological polar surface area (TPSA) is 101 Å². The monoisotopic (exact) mass is 258 g/mol. The molecule has 0 aliphatic heterocycles. The molecule has 102 valence electrons. The number of aliphatic carboxylic acids is 2. The molecular weight excluding hydrogens is 240 g/mol. The quantitative estimate of drug-likeness (QED) is 0.479. The standard InChI is InChI=1S/C12H18O6/c1-8(2)12(17)18-6-5-9(7-11(15)16)3-4-10(13)14/h9H,1,3-7H2,2H3,(H,13,14)(H,15,16). The third-order valence-corrected chi connectivity index (χ3v) is 2.34. The average molecular weight is 258 g/mol. The summed E-state index contributed by atoms with van der Waals surface area (Å²) in [6.45, 7) is 5.00. The maximum Gasteiger partial charge on any atom is 0.333 e. The maximum absolute atomic E-state index is 11.1. The maximum atomic E-state index is 11.1. The van der Waals surface area contributed by atoms with Crippen LogP contribution in [0.1, 0.15) is 32.6 Å². The lowest BCUT2D eigenvalue weighted by Gasteiger charge is -2.13. The van der Waals surface area contributed by atoms with Crippen LogP contribution >= 0.6 is 0 Å². The van der Waals surface area contributed by atoms with E-state index >= 15 is 0 Å². The van der Waals surface area contributed by atoms with Crippen molar-refractivity contribution < 1.29 is 29.3 Å². The first-order valence-electron chi connectivity index (χ1n) is 5.59. The predicted octanol–water partition coefficient (Wildman–Crippen LogP) is 1.45. The number of carbonyl (C=O) groups excluding carboxylic acids is 1. The average Bonchev–Trinajstić information content (AvgIpc) is 2.24. The highest BCUT2D eigenvalue weighted by atomic mass is 16.5. The Labute approximate surface area is 105 Å². The van der Waals surface area contributed by atoms with Gasteiger partial charge in [-0.2, -0.15) is 0 Å². The minimum absolute atomic E-state index is 0.0727. The lowest BCUT2D eigenvalue weighted by atomic mass is 9.96. The lowest BCUT2D eigenvalue weighted by Crippen LogP contribution is -2.14. The van der Waals surface area contributed by atoms with Crippen molar-refractivity contribution in [3.05, 3.63) is 12.2 Å². The Hall–Kier alpha value is -1.85. The van der Waals surface area contributed by atoms with E-state index in [-0.39, 0.29) is 37.4 Å². The van der Waals surface area contributed by atoms with Gasteiger partial charge in [-0.1, -0.05) is 6.58 Å². The number of carboxylic acids is 2. The highest BCUT2D eigenvalue weighted by molar-refractivity contribution is 5.86. The van der Waals surface area contributed by atoms with Gasteiger partial charge < -0.3 is 14.9 Å². The van der Waals surface area contributed by atoms with Gasteiger partial charge in [0.05, 0.1) is 6.61 Å². The smallest absolute Gasteiger partial charge is 0.333 e. The molecule has 0 amide bonds. The molecule has 0 saturated carbocycles. The molecule has 0 fully saturated rings. The molecule has 0 saturated heterocycles. The fourth-order valence-electron chi connectivity index (χ4n) is 1.36. The number of hydrogen-bond donors (Lipinski definition) is 2. The molecule has 0 aromatic rings. The van der Waals surface area contributed by atoms with E-state index < -0.39 is 17.9 Å². The zero-order chi connectivity index (χ0) is 14.1. The highest BCUT2D eigenvalue weighted by Crippen LogP contribution is 2.16. The normalized spacial score (nSPS) is 11.6. The summed E-state index contributed by atoms with van der Waals surface area (Å²) >= 11 is 0. The van der Waals surface area contributed by atoms with E-state index in [0.717, 1.165) is 0 Å². The summed E-state index contributed by atoms with van der Waals surface area (Å²) < 4.78 is 4.84. The van der Waals surface area contributed by atoms with Gasteiger partial charge in [0.15, 0.2) is 0 Å². The van der Waals surface area contributed by atoms with E-state index in [4.69, 9.17) is 14.9 Å². The van der Waals surface area contributed by atoms with E-state index in [0.29, 0.717) is 6.42 Å². The van der Waals surface area contributed by atoms with Crippen molar-refractivity contribution in [3.8, 4) is 0 Å². The molecule has 0 aliphatic carbocycles. The van der Waals surface area contributed by atoms with Crippen molar-refractivity contribution in [2.24, 2.45) is 5.92 Å². The Morgan fingerprint density at radius 1 is 1.17 bits per heavy atom. The van der Waals surface area contributed by atoms with Crippen LogP contribution in [-0.2, 0) is 19.1 Å². The van der Waals surface area contributed by atoms with Crippen molar-refractivity contribution in [1.82, 2.24) is 0 Å². The van der Waals surface area contributed by atoms with Crippen LogP contribution in [-0.4, -0.2) is 34.7 Å². The van der Waals surface area contributed by atoms with Gasteiger partial charge >= 0.3 is 17.9 Å². The second-order valence-electron chi connectivity index (χ2n) is 4.10. The Morgan fingerprint density at radius 2 is 1.78 bits per heavy atom. The number of esters is 1. The van der Waals surface area contributed by atoms with E-state index in [2.05, 4.69) is 6.58 Å². The van der Waals surface area contributed by atoms with E-state index in [1.807, 2.05) is 0 Å². The molecule has 0 aliphatic rings. The molecule has 0 rings (SSSR count). The summed E-state index contributed by atoms with van der Waals surface area (Å²) in [7, 11) is 0. The van der Waals surface area contributed by atoms with E-state index in [1.54, 1.807) is 0 Å². The summed E-state index contributed by atoms with van der Waals surface area (Å²) in [4.78, 5) is 32.1. The number of hydrogen-bond acceptors (Lipinski definition) is 4. The summed E-state index contributed by atoms with van der Waals surface area (Å²) in [5.74, 6) is -2.79. The molecule has 0 aromatic heterocycles. The van der Waals surface area contributed by atoms with Crippen molar-refractivity contribution in [3.63, 3.8) is 0 Å². The van der Waals surface area contributed by atoms with Gasteiger partial charge in [0.2, 0.25) is 0 Å². The highest BCUT2D eigenvalue weighted by Gasteiger charge is 2.15. The summed E-state index contributed by atoms with van der Waals surface area (Å²) in [5, 5.41) is 17.2. The van der Waals surface area contributed by atoms with Gasteiger partial charge in [-0.15, -0.1) is 0 Å². The Morgan fingerprint density at radius 3 is 2.22 bits per heavy atom. The van der Waals surface area contributed by atoms with Crippen molar-refractivity contribution >= 4 is 17.9 Å². The second-order valence-corrected chi connectivity index (χ2v) is 4.10. The van der Waals surface area contributed by atoms with Gasteiger partial charge in [-0.05, 0) is 25.7 Å². The van der Waals surface area contributed by atoms with Crippen LogP contribution in [0.4, 0.5) is 0 Å². The van der Waals surface area contributed by atoms with Crippen LogP contribution in [0.25, 0.3) is 0 Å². The van der Waals surface area contributed by atoms with Gasteiger partial charge in [0.25, 0.3) is 0 Å². The summed E-state index contributed by atoms with van der Waals surface area (Å²) in [6, 6.07) is 0. The number of ether oxygens (including phenoxy) is 1. The van der Waals surface area contributed by atoms with E-state index in [1.165, 1.54) is 6.92 Å². The Balaban J connectivity index is 4.07. The molecule has 1 unspecified atom stereocenters. The third kappa shape index (κ3) is 8.32. The fraction of sp³-hybridized carbons (Fsp3) is 0.583. The lowest BCUT2D eigenvalue weighted by molar-refractivity contribution is -0.141. The number of rotatable bonds is 9. The second kappa shape index (κ2) is 8.27. The molecule has 0 spiro atoms. The first-order valence-corrected chi connectivity index (χ1v) is 5.59. The van der Waals surface area contributed by atoms with Crippen LogP contribution in [0.5, 0.6) is 0 Å². The summed E-state index contributed by atoms with van der Waals surface area (Å²) in [6.07, 6.45) is 0.370. The number of carboxylic acid groups (broad SMARTS) is 2. The first-order chi connectivity index (χ1) is 8.32. The molecule has 18 heavy (non-hydrogen) atoms. The first kappa shape index (κ1) is 16.1. The summed E-state index contributed by atoms with van der Waals surface area (Å²) in [5.41, 5.74) is 0.273. The minimum Gasteiger partial charge on any atom is -0.481 e. The van der Waals surface area contributed by atoms with Crippen molar-refractivity contribution in [1.29, 1.82) is 0 Å². The SMILES string of the molecule is C=C(C)C(=O)OCCC(CCC(=O)O)CC(=O)O. The van der Waals surface area contributed by atoms with Crippen molar-refractivity contribution in [2.45, 2.75) is 32.6 Å². The molecule has 6 heteroatoms. The zero-order valence-corrected chi connectivity index (χ0v) is 10.3. The molecule has 0 radical (unpaired) electrons. The molecule has 2 N–H and O–H groups in total. The molecule has 6 nitrogen and oxygen atoms in total. The Bertz CT molecular complexity index is 333. The van der Waals surface area contributed by atoms with Crippen LogP contribution in [0.15, 0.2) is 12.2 Å². The molecule has 0 heterocycles. The van der Waals surface area contributed by atoms with Gasteiger partial charge in [-0.3, -0.25) is 9.59 Å². The minimum atomic E-state index is -0.989. The van der Waals surface area contributed by atoms with Gasteiger partial charge in [0, 0.05) is 18.4 Å². The van der Waals surface area contributed by atoms with Crippen molar-refractivity contribution in [2.75, 3.05) is 6.61 Å². The number of carbonyl (C=O) groups is 3. The zero-order valence-electron chi connectivity index (χ0n) is 10.3.